The Bertz CT molecular complexity index is 365. The van der Waals surface area contributed by atoms with Gasteiger partial charge >= 0.3 is 6.01 Å². The van der Waals surface area contributed by atoms with Gasteiger partial charge in [0.15, 0.2) is 0 Å². The summed E-state index contributed by atoms with van der Waals surface area (Å²) in [6.07, 6.45) is 0.154. The summed E-state index contributed by atoms with van der Waals surface area (Å²) in [4.78, 5) is 14.3. The fraction of sp³-hybridized carbons (Fsp3) is 0.667. The molecule has 0 saturated carbocycles. The van der Waals surface area contributed by atoms with Crippen LogP contribution in [0.3, 0.4) is 0 Å². The lowest BCUT2D eigenvalue weighted by Crippen LogP contribution is -2.42. The number of hydrogen-bond acceptors (Lipinski definition) is 8. The van der Waals surface area contributed by atoms with Gasteiger partial charge in [-0.25, -0.2) is 5.84 Å². The zero-order valence-corrected chi connectivity index (χ0v) is 9.88. The lowest BCUT2D eigenvalue weighted by molar-refractivity contribution is 0.0526. The van der Waals surface area contributed by atoms with Crippen molar-refractivity contribution in [1.82, 2.24) is 15.0 Å². The molecule has 17 heavy (non-hydrogen) atoms. The molecule has 0 aliphatic carbocycles. The van der Waals surface area contributed by atoms with Gasteiger partial charge in [0.25, 0.3) is 0 Å². The van der Waals surface area contributed by atoms with Gasteiger partial charge in [-0.1, -0.05) is 0 Å². The normalized spacial score (nSPS) is 20.2. The number of rotatable bonds is 3. The molecule has 2 rings (SSSR count). The van der Waals surface area contributed by atoms with Gasteiger partial charge in [0.1, 0.15) is 0 Å². The first-order valence-electron chi connectivity index (χ1n) is 5.36. The van der Waals surface area contributed by atoms with Gasteiger partial charge < -0.3 is 14.4 Å². The van der Waals surface area contributed by atoms with Crippen molar-refractivity contribution in [1.29, 1.82) is 0 Å². The van der Waals surface area contributed by atoms with Crippen molar-refractivity contribution in [3.8, 4) is 6.01 Å². The number of hydrogen-bond donors (Lipinski definition) is 2. The lowest BCUT2D eigenvalue weighted by atomic mass is 10.3. The SMILES string of the molecule is COc1nc(NN)nc(N2CCOC(C)C2)n1. The summed E-state index contributed by atoms with van der Waals surface area (Å²) in [5, 5.41) is 0. The molecule has 0 spiro atoms. The molecular formula is C9H16N6O2. The van der Waals surface area contributed by atoms with Gasteiger partial charge in [-0.05, 0) is 6.92 Å². The van der Waals surface area contributed by atoms with Crippen LogP contribution in [0.15, 0.2) is 0 Å². The molecular weight excluding hydrogens is 224 g/mol. The molecule has 0 aromatic carbocycles. The van der Waals surface area contributed by atoms with E-state index < -0.39 is 0 Å². The van der Waals surface area contributed by atoms with Crippen LogP contribution < -0.4 is 20.9 Å². The summed E-state index contributed by atoms with van der Waals surface area (Å²) < 4.78 is 10.5. The molecule has 8 nitrogen and oxygen atoms in total. The predicted molar refractivity (Wildman–Crippen MR) is 61.8 cm³/mol. The van der Waals surface area contributed by atoms with Crippen LogP contribution >= 0.6 is 0 Å². The van der Waals surface area contributed by atoms with E-state index in [1.165, 1.54) is 7.11 Å². The largest absolute Gasteiger partial charge is 0.467 e. The molecule has 1 aliphatic rings. The third-order valence-electron chi connectivity index (χ3n) is 2.44. The number of methoxy groups -OCH3 is 1. The van der Waals surface area contributed by atoms with E-state index in [1.54, 1.807) is 0 Å². The Morgan fingerprint density at radius 1 is 1.47 bits per heavy atom. The van der Waals surface area contributed by atoms with Crippen molar-refractivity contribution in [2.45, 2.75) is 13.0 Å². The Balaban J connectivity index is 2.23. The Hall–Kier alpha value is -1.67. The maximum Gasteiger partial charge on any atom is 0.322 e. The minimum atomic E-state index is 0.154. The molecule has 1 aromatic heterocycles. The molecule has 1 aliphatic heterocycles. The Kier molecular flexibility index (Phi) is 3.55. The Morgan fingerprint density at radius 2 is 2.29 bits per heavy atom. The summed E-state index contributed by atoms with van der Waals surface area (Å²) in [5.41, 5.74) is 2.39. The highest BCUT2D eigenvalue weighted by Crippen LogP contribution is 2.16. The highest BCUT2D eigenvalue weighted by Gasteiger charge is 2.20. The molecule has 94 valence electrons. The highest BCUT2D eigenvalue weighted by molar-refractivity contribution is 5.38. The molecule has 2 heterocycles. The molecule has 8 heteroatoms. The average molecular weight is 240 g/mol. The first-order valence-corrected chi connectivity index (χ1v) is 5.36. The van der Waals surface area contributed by atoms with Crippen molar-refractivity contribution in [2.75, 3.05) is 37.1 Å². The minimum Gasteiger partial charge on any atom is -0.467 e. The second-order valence-corrected chi connectivity index (χ2v) is 3.72. The predicted octanol–water partition coefficient (Wildman–Crippen LogP) is -0.609. The lowest BCUT2D eigenvalue weighted by Gasteiger charge is -2.31. The van der Waals surface area contributed by atoms with E-state index in [2.05, 4.69) is 20.4 Å². The van der Waals surface area contributed by atoms with E-state index >= 15 is 0 Å². The number of nitrogen functional groups attached to an aromatic ring is 1. The van der Waals surface area contributed by atoms with Gasteiger partial charge in [-0.15, -0.1) is 0 Å². The van der Waals surface area contributed by atoms with Gasteiger partial charge in [0.05, 0.1) is 19.8 Å². The van der Waals surface area contributed by atoms with E-state index in [9.17, 15) is 0 Å². The first kappa shape index (κ1) is 11.8. The van der Waals surface area contributed by atoms with Crippen LogP contribution in [0, 0.1) is 0 Å². The summed E-state index contributed by atoms with van der Waals surface area (Å²) in [5.74, 6) is 6.12. The van der Waals surface area contributed by atoms with Gasteiger partial charge in [0, 0.05) is 13.1 Å². The standard InChI is InChI=1S/C9H16N6O2/c1-6-5-15(3-4-17-6)8-11-7(14-10)12-9(13-8)16-2/h6H,3-5,10H2,1-2H3,(H,11,12,13,14). The number of nitrogens with two attached hydrogens (primary N) is 1. The number of hydrazine groups is 1. The summed E-state index contributed by atoms with van der Waals surface area (Å²) >= 11 is 0. The maximum absolute atomic E-state index is 5.46. The zero-order valence-electron chi connectivity index (χ0n) is 9.88. The van der Waals surface area contributed by atoms with Gasteiger partial charge in [-0.2, -0.15) is 15.0 Å². The topological polar surface area (TPSA) is 98.4 Å². The fourth-order valence-corrected chi connectivity index (χ4v) is 1.64. The van der Waals surface area contributed by atoms with E-state index in [4.69, 9.17) is 15.3 Å². The van der Waals surface area contributed by atoms with E-state index in [0.29, 0.717) is 12.6 Å². The van der Waals surface area contributed by atoms with Crippen LogP contribution in [0.5, 0.6) is 6.01 Å². The third kappa shape index (κ3) is 2.71. The van der Waals surface area contributed by atoms with Crippen LogP contribution in [-0.2, 0) is 4.74 Å². The number of nitrogens with zero attached hydrogens (tertiary/aromatic N) is 4. The summed E-state index contributed by atoms with van der Waals surface area (Å²) in [6.45, 7) is 4.13. The quantitative estimate of drug-likeness (QED) is 0.533. The number of anilines is 2. The van der Waals surface area contributed by atoms with Gasteiger partial charge in [0.2, 0.25) is 11.9 Å². The molecule has 1 saturated heterocycles. The molecule has 0 radical (unpaired) electrons. The van der Waals surface area contributed by atoms with E-state index in [1.807, 2.05) is 11.8 Å². The molecule has 1 aromatic rings. The number of ether oxygens (including phenoxy) is 2. The van der Waals surface area contributed by atoms with E-state index in [-0.39, 0.29) is 18.1 Å². The Labute approximate surface area is 99.1 Å². The maximum atomic E-state index is 5.46. The highest BCUT2D eigenvalue weighted by atomic mass is 16.5. The van der Waals surface area contributed by atoms with Crippen LogP contribution in [0.2, 0.25) is 0 Å². The van der Waals surface area contributed by atoms with Crippen LogP contribution in [0.4, 0.5) is 11.9 Å². The van der Waals surface area contributed by atoms with Crippen molar-refractivity contribution < 1.29 is 9.47 Å². The Morgan fingerprint density at radius 3 is 2.94 bits per heavy atom. The molecule has 3 N–H and O–H groups in total. The summed E-state index contributed by atoms with van der Waals surface area (Å²) in [6, 6.07) is 0.238. The van der Waals surface area contributed by atoms with Crippen molar-refractivity contribution in [2.24, 2.45) is 5.84 Å². The van der Waals surface area contributed by atoms with Crippen molar-refractivity contribution >= 4 is 11.9 Å². The first-order chi connectivity index (χ1) is 8.22. The second-order valence-electron chi connectivity index (χ2n) is 3.72. The number of aromatic nitrogens is 3. The third-order valence-corrected chi connectivity index (χ3v) is 2.44. The molecule has 1 unspecified atom stereocenters. The second kappa shape index (κ2) is 5.11. The minimum absolute atomic E-state index is 0.154. The smallest absolute Gasteiger partial charge is 0.322 e. The molecule has 0 amide bonds. The average Bonchev–Trinajstić information content (AvgIpc) is 2.38. The van der Waals surface area contributed by atoms with Crippen LogP contribution in [-0.4, -0.2) is 47.9 Å². The van der Waals surface area contributed by atoms with Crippen LogP contribution in [0.25, 0.3) is 0 Å². The molecule has 1 fully saturated rings. The molecule has 0 bridgehead atoms. The number of morpholine rings is 1. The van der Waals surface area contributed by atoms with Crippen molar-refractivity contribution in [3.05, 3.63) is 0 Å². The molecule has 1 atom stereocenters. The van der Waals surface area contributed by atoms with Crippen LogP contribution in [0.1, 0.15) is 6.92 Å². The van der Waals surface area contributed by atoms with E-state index in [0.717, 1.165) is 13.1 Å². The monoisotopic (exact) mass is 240 g/mol. The zero-order chi connectivity index (χ0) is 12.3. The summed E-state index contributed by atoms with van der Waals surface area (Å²) in [7, 11) is 1.50. The number of nitrogens with one attached hydrogen (secondary N) is 1. The van der Waals surface area contributed by atoms with Gasteiger partial charge in [-0.3, -0.25) is 5.43 Å². The van der Waals surface area contributed by atoms with Crippen molar-refractivity contribution in [3.63, 3.8) is 0 Å². The fourth-order valence-electron chi connectivity index (χ4n) is 1.64.